The average molecular weight is 433 g/mol. The van der Waals surface area contributed by atoms with E-state index in [1.54, 1.807) is 18.2 Å². The van der Waals surface area contributed by atoms with Crippen LogP contribution in [0.1, 0.15) is 13.8 Å². The van der Waals surface area contributed by atoms with Gasteiger partial charge in [-0.25, -0.2) is 9.59 Å². The van der Waals surface area contributed by atoms with Crippen LogP contribution in [0.3, 0.4) is 0 Å². The van der Waals surface area contributed by atoms with Gasteiger partial charge in [-0.3, -0.25) is 14.8 Å². The fourth-order valence-electron chi connectivity index (χ4n) is 1.73. The van der Waals surface area contributed by atoms with Crippen molar-refractivity contribution in [2.45, 2.75) is 24.0 Å². The van der Waals surface area contributed by atoms with Crippen LogP contribution in [0.5, 0.6) is 0 Å². The van der Waals surface area contributed by atoms with Crippen molar-refractivity contribution in [3.63, 3.8) is 0 Å². The Balaban J connectivity index is 3.11. The van der Waals surface area contributed by atoms with E-state index < -0.39 is 23.0 Å². The molecule has 1 rings (SSSR count). The second-order valence-corrected chi connectivity index (χ2v) is 8.02. The molecule has 1 unspecified atom stereocenters. The van der Waals surface area contributed by atoms with Crippen molar-refractivity contribution in [3.05, 3.63) is 18.2 Å². The zero-order chi connectivity index (χ0) is 20.6. The maximum Gasteiger partial charge on any atom is 0.413 e. The summed E-state index contributed by atoms with van der Waals surface area (Å²) >= 11 is 10.1. The lowest BCUT2D eigenvalue weighted by atomic mass is 10.2. The number of amides is 2. The summed E-state index contributed by atoms with van der Waals surface area (Å²) in [4.78, 5) is 23.1. The molecule has 0 aromatic heterocycles. The van der Waals surface area contributed by atoms with Gasteiger partial charge in [0.25, 0.3) is 0 Å². The van der Waals surface area contributed by atoms with Gasteiger partial charge >= 0.3 is 12.2 Å². The van der Waals surface area contributed by atoms with Gasteiger partial charge in [-0.2, -0.15) is 0 Å². The Hall–Kier alpha value is -2.31. The molecular formula is C15H20N4O5S3. The van der Waals surface area contributed by atoms with E-state index in [4.69, 9.17) is 24.4 Å². The molecule has 1 aromatic carbocycles. The van der Waals surface area contributed by atoms with E-state index in [0.29, 0.717) is 16.3 Å². The first-order chi connectivity index (χ1) is 12.7. The second-order valence-electron chi connectivity index (χ2n) is 5.19. The molecule has 0 heterocycles. The molecule has 0 spiro atoms. The first kappa shape index (κ1) is 22.7. The van der Waals surface area contributed by atoms with E-state index in [9.17, 15) is 13.8 Å². The smallest absolute Gasteiger partial charge is 0.413 e. The number of hydrogen-bond donors (Lipinski definition) is 4. The number of benzene rings is 1. The molecule has 0 radical (unpaired) electrons. The molecule has 4 N–H and O–H groups in total. The van der Waals surface area contributed by atoms with E-state index in [1.165, 1.54) is 14.2 Å². The molecule has 148 valence electrons. The molecular weight excluding hydrogens is 412 g/mol. The number of alkyl carbamates (subject to hydrolysis) is 2. The van der Waals surface area contributed by atoms with Crippen LogP contribution < -0.4 is 21.3 Å². The molecule has 0 aliphatic heterocycles. The first-order valence-corrected chi connectivity index (χ1v) is 9.57. The van der Waals surface area contributed by atoms with Gasteiger partial charge in [0.1, 0.15) is 0 Å². The van der Waals surface area contributed by atoms with Crippen LogP contribution in [0, 0.1) is 0 Å². The molecule has 2 amide bonds. The van der Waals surface area contributed by atoms with Crippen molar-refractivity contribution in [3.8, 4) is 0 Å². The number of nitrogens with one attached hydrogen (secondary N) is 4. The number of anilines is 2. The highest BCUT2D eigenvalue weighted by atomic mass is 32.2. The summed E-state index contributed by atoms with van der Waals surface area (Å²) in [6.45, 7) is 3.66. The zero-order valence-electron chi connectivity index (χ0n) is 15.1. The van der Waals surface area contributed by atoms with Crippen LogP contribution in [0.2, 0.25) is 0 Å². The molecule has 0 fully saturated rings. The third-order valence-corrected chi connectivity index (χ3v) is 4.93. The van der Waals surface area contributed by atoms with Gasteiger partial charge in [-0.05, 0) is 42.6 Å². The fourth-order valence-corrected chi connectivity index (χ4v) is 3.09. The van der Waals surface area contributed by atoms with Crippen LogP contribution in [0.25, 0.3) is 0 Å². The average Bonchev–Trinajstić information content (AvgIpc) is 2.61. The van der Waals surface area contributed by atoms with Gasteiger partial charge < -0.3 is 20.1 Å². The van der Waals surface area contributed by atoms with Crippen LogP contribution in [0.4, 0.5) is 21.0 Å². The molecule has 9 nitrogen and oxygen atoms in total. The largest absolute Gasteiger partial charge is 0.453 e. The summed E-state index contributed by atoms with van der Waals surface area (Å²) in [5.74, 6) is 0. The molecule has 12 heteroatoms. The molecule has 0 saturated heterocycles. The lowest BCUT2D eigenvalue weighted by Crippen LogP contribution is -2.35. The van der Waals surface area contributed by atoms with Crippen molar-refractivity contribution in [1.29, 1.82) is 0 Å². The summed E-state index contributed by atoms with van der Waals surface area (Å²) in [7, 11) is 1.16. The molecule has 0 aliphatic carbocycles. The number of thiocarbonyl (C=S) groups is 2. The Morgan fingerprint density at radius 2 is 1.44 bits per heavy atom. The first-order valence-electron chi connectivity index (χ1n) is 7.54. The molecule has 1 atom stereocenters. The number of rotatable bonds is 4. The van der Waals surface area contributed by atoms with Crippen LogP contribution in [-0.2, 0) is 20.3 Å². The van der Waals surface area contributed by atoms with Crippen LogP contribution in [-0.4, -0.2) is 46.1 Å². The monoisotopic (exact) mass is 432 g/mol. The van der Waals surface area contributed by atoms with Crippen molar-refractivity contribution in [2.24, 2.45) is 0 Å². The Labute approximate surface area is 170 Å². The van der Waals surface area contributed by atoms with Crippen molar-refractivity contribution >= 4 is 69.0 Å². The van der Waals surface area contributed by atoms with Gasteiger partial charge in [-0.1, -0.05) is 13.8 Å². The Bertz CT molecular complexity index is 770. The van der Waals surface area contributed by atoms with E-state index in [2.05, 4.69) is 30.7 Å². The highest BCUT2D eigenvalue weighted by Crippen LogP contribution is 2.26. The summed E-state index contributed by atoms with van der Waals surface area (Å²) in [6.07, 6.45) is -1.48. The Morgan fingerprint density at radius 3 is 1.89 bits per heavy atom. The van der Waals surface area contributed by atoms with Gasteiger partial charge in [0.2, 0.25) is 0 Å². The lowest BCUT2D eigenvalue weighted by Gasteiger charge is -2.17. The SMILES string of the molecule is COC(=O)NC(=S)Nc1ccc(S(=O)C(C)C)cc1NC(=S)NC(=O)OC. The maximum atomic E-state index is 12.4. The van der Waals surface area contributed by atoms with E-state index in [0.717, 1.165) is 0 Å². The molecule has 27 heavy (non-hydrogen) atoms. The van der Waals surface area contributed by atoms with Crippen LogP contribution in [0.15, 0.2) is 23.1 Å². The Kier molecular flexibility index (Phi) is 9.05. The van der Waals surface area contributed by atoms with Gasteiger partial charge in [0, 0.05) is 10.1 Å². The minimum Gasteiger partial charge on any atom is -0.453 e. The highest BCUT2D eigenvalue weighted by Gasteiger charge is 2.15. The lowest BCUT2D eigenvalue weighted by molar-refractivity contribution is 0.176. The number of hydrogen-bond acceptors (Lipinski definition) is 7. The minimum absolute atomic E-state index is 0.0190. The third kappa shape index (κ3) is 7.45. The zero-order valence-corrected chi connectivity index (χ0v) is 17.5. The van der Waals surface area contributed by atoms with Crippen molar-refractivity contribution in [2.75, 3.05) is 24.9 Å². The van der Waals surface area contributed by atoms with Gasteiger partial charge in [0.05, 0.1) is 36.4 Å². The van der Waals surface area contributed by atoms with E-state index >= 15 is 0 Å². The summed E-state index contributed by atoms with van der Waals surface area (Å²) in [5, 5.41) is 10.1. The van der Waals surface area contributed by atoms with Crippen molar-refractivity contribution in [1.82, 2.24) is 10.6 Å². The summed E-state index contributed by atoms with van der Waals surface area (Å²) in [5.41, 5.74) is 0.812. The van der Waals surface area contributed by atoms with E-state index in [1.807, 2.05) is 13.8 Å². The topological polar surface area (TPSA) is 118 Å². The normalized spacial score (nSPS) is 11.1. The van der Waals surface area contributed by atoms with Gasteiger partial charge in [0.15, 0.2) is 10.2 Å². The van der Waals surface area contributed by atoms with Crippen molar-refractivity contribution < 1.29 is 23.3 Å². The standard InChI is InChI=1S/C15H20N4O5S3/c1-8(2)27(22)9-5-6-10(16-12(25)18-14(20)23-3)11(7-9)17-13(26)19-15(21)24-4/h5-8H,1-4H3,(H2,16,18,20,25)(H2,17,19,21,26). The predicted molar refractivity (Wildman–Crippen MR) is 112 cm³/mol. The molecule has 0 saturated carbocycles. The van der Waals surface area contributed by atoms with Crippen LogP contribution >= 0.6 is 24.4 Å². The number of carbonyl (C=O) groups excluding carboxylic acids is 2. The number of ether oxygens (including phenoxy) is 2. The fraction of sp³-hybridized carbons (Fsp3) is 0.333. The second kappa shape index (κ2) is 10.7. The summed E-state index contributed by atoms with van der Waals surface area (Å²) < 4.78 is 21.3. The molecule has 1 aromatic rings. The summed E-state index contributed by atoms with van der Waals surface area (Å²) in [6, 6.07) is 4.87. The number of carbonyl (C=O) groups is 2. The maximum absolute atomic E-state index is 12.4. The predicted octanol–water partition coefficient (Wildman–Crippen LogP) is 2.31. The minimum atomic E-state index is -1.25. The van der Waals surface area contributed by atoms with E-state index in [-0.39, 0.29) is 15.5 Å². The highest BCUT2D eigenvalue weighted by molar-refractivity contribution is 7.85. The Morgan fingerprint density at radius 1 is 0.963 bits per heavy atom. The quantitative estimate of drug-likeness (QED) is 0.532. The molecule has 0 bridgehead atoms. The third-order valence-electron chi connectivity index (χ3n) is 2.95. The molecule has 0 aliphatic rings. The number of methoxy groups -OCH3 is 2. The van der Waals surface area contributed by atoms with Gasteiger partial charge in [-0.15, -0.1) is 0 Å².